The number of hydrogen-bond acceptors (Lipinski definition) is 1. The quantitative estimate of drug-likeness (QED) is 0.569. The maximum Gasteiger partial charge on any atom is 0.119 e. The van der Waals surface area contributed by atoms with Crippen molar-refractivity contribution in [2.75, 3.05) is 6.61 Å². The molecule has 14 heavy (non-hydrogen) atoms. The number of alkyl halides is 2. The van der Waals surface area contributed by atoms with E-state index in [1.807, 2.05) is 24.3 Å². The Morgan fingerprint density at radius 1 is 1.36 bits per heavy atom. The second-order valence-electron chi connectivity index (χ2n) is 3.07. The summed E-state index contributed by atoms with van der Waals surface area (Å²) in [5.41, 5.74) is 1.05. The highest BCUT2D eigenvalue weighted by atomic mass is 79.9. The van der Waals surface area contributed by atoms with Gasteiger partial charge in [0.15, 0.2) is 0 Å². The summed E-state index contributed by atoms with van der Waals surface area (Å²) in [6.07, 6.45) is 2.25. The molecule has 0 aliphatic heterocycles. The lowest BCUT2D eigenvalue weighted by Crippen LogP contribution is -1.96. The van der Waals surface area contributed by atoms with E-state index < -0.39 is 0 Å². The molecule has 0 saturated heterocycles. The number of halogens is 2. The van der Waals surface area contributed by atoms with Crippen LogP contribution in [0.4, 0.5) is 0 Å². The minimum absolute atomic E-state index is 0.118. The third kappa shape index (κ3) is 3.89. The highest BCUT2D eigenvalue weighted by molar-refractivity contribution is 9.09. The molecule has 0 spiro atoms. The molecule has 0 fully saturated rings. The molecule has 1 aromatic carbocycles. The minimum Gasteiger partial charge on any atom is -0.494 e. The van der Waals surface area contributed by atoms with Gasteiger partial charge in [0, 0.05) is 0 Å². The summed E-state index contributed by atoms with van der Waals surface area (Å²) in [4.78, 5) is 0. The van der Waals surface area contributed by atoms with E-state index in [-0.39, 0.29) is 4.29 Å². The predicted molar refractivity (Wildman–Crippen MR) is 64.4 cm³/mol. The molecule has 78 valence electrons. The molecule has 1 unspecified atom stereocenters. The molecule has 1 aromatic rings. The third-order valence-corrected chi connectivity index (χ3v) is 2.68. The van der Waals surface area contributed by atoms with Gasteiger partial charge in [0.25, 0.3) is 0 Å². The second kappa shape index (κ2) is 6.31. The monoisotopic (exact) mass is 276 g/mol. The molecule has 3 heteroatoms. The fraction of sp³-hybridized carbons (Fsp3) is 0.455. The Morgan fingerprint density at radius 2 is 2.00 bits per heavy atom. The van der Waals surface area contributed by atoms with Crippen molar-refractivity contribution in [1.29, 1.82) is 0 Å². The van der Waals surface area contributed by atoms with Crippen molar-refractivity contribution in [3.8, 4) is 5.75 Å². The van der Waals surface area contributed by atoms with Crippen LogP contribution < -0.4 is 4.74 Å². The lowest BCUT2D eigenvalue weighted by molar-refractivity contribution is 0.309. The molecule has 0 aliphatic rings. The Morgan fingerprint density at radius 3 is 2.50 bits per heavy atom. The molecule has 1 atom stereocenters. The molecule has 0 bridgehead atoms. The second-order valence-corrected chi connectivity index (χ2v) is 4.95. The van der Waals surface area contributed by atoms with E-state index in [4.69, 9.17) is 16.3 Å². The van der Waals surface area contributed by atoms with Crippen LogP contribution in [0.2, 0.25) is 0 Å². The van der Waals surface area contributed by atoms with Gasteiger partial charge < -0.3 is 4.74 Å². The first-order valence-corrected chi connectivity index (χ1v) is 6.10. The van der Waals surface area contributed by atoms with Gasteiger partial charge in [-0.05, 0) is 24.1 Å². The summed E-state index contributed by atoms with van der Waals surface area (Å²) in [7, 11) is 0. The standard InChI is InChI=1S/C11H14BrClO/c1-2-3-8-14-10-6-4-9(5-7-10)11(12)13/h4-7,11H,2-3,8H2,1H3. The van der Waals surface area contributed by atoms with E-state index in [1.54, 1.807) is 0 Å². The third-order valence-electron chi connectivity index (χ3n) is 1.90. The fourth-order valence-corrected chi connectivity index (χ4v) is 1.49. The Kier molecular flexibility index (Phi) is 5.34. The van der Waals surface area contributed by atoms with E-state index in [0.717, 1.165) is 30.8 Å². The van der Waals surface area contributed by atoms with Gasteiger partial charge >= 0.3 is 0 Å². The maximum absolute atomic E-state index is 5.86. The van der Waals surface area contributed by atoms with Crippen molar-refractivity contribution < 1.29 is 4.74 Å². The van der Waals surface area contributed by atoms with Crippen LogP contribution in [0.3, 0.4) is 0 Å². The van der Waals surface area contributed by atoms with Gasteiger partial charge in [0.1, 0.15) is 10.0 Å². The summed E-state index contributed by atoms with van der Waals surface area (Å²) >= 11 is 9.15. The van der Waals surface area contributed by atoms with Gasteiger partial charge in [-0.1, -0.05) is 41.4 Å². The van der Waals surface area contributed by atoms with Gasteiger partial charge in [0.05, 0.1) is 6.61 Å². The molecule has 0 amide bonds. The SMILES string of the molecule is CCCCOc1ccc(C(Cl)Br)cc1. The van der Waals surface area contributed by atoms with Crippen LogP contribution >= 0.6 is 27.5 Å². The number of benzene rings is 1. The molecule has 0 radical (unpaired) electrons. The molecule has 1 rings (SSSR count). The predicted octanol–water partition coefficient (Wildman–Crippen LogP) is 4.50. The lowest BCUT2D eigenvalue weighted by Gasteiger charge is -2.06. The zero-order valence-corrected chi connectivity index (χ0v) is 10.5. The van der Waals surface area contributed by atoms with Gasteiger partial charge in [-0.2, -0.15) is 0 Å². The van der Waals surface area contributed by atoms with Crippen molar-refractivity contribution >= 4 is 27.5 Å². The summed E-state index contributed by atoms with van der Waals surface area (Å²) in [5.74, 6) is 0.909. The zero-order chi connectivity index (χ0) is 10.4. The highest BCUT2D eigenvalue weighted by Gasteiger charge is 2.01. The Labute approximate surface area is 98.5 Å². The molecule has 0 saturated carbocycles. The molecule has 0 aliphatic carbocycles. The summed E-state index contributed by atoms with van der Waals surface area (Å²) in [6.45, 7) is 2.93. The fourth-order valence-electron chi connectivity index (χ4n) is 1.04. The van der Waals surface area contributed by atoms with Crippen molar-refractivity contribution in [3.05, 3.63) is 29.8 Å². The van der Waals surface area contributed by atoms with Crippen LogP contribution in [0, 0.1) is 0 Å². The first-order valence-electron chi connectivity index (χ1n) is 4.75. The topological polar surface area (TPSA) is 9.23 Å². The molecule has 0 heterocycles. The van der Waals surface area contributed by atoms with Gasteiger partial charge in [-0.25, -0.2) is 0 Å². The number of unbranched alkanes of at least 4 members (excludes halogenated alkanes) is 1. The van der Waals surface area contributed by atoms with Crippen molar-refractivity contribution in [2.24, 2.45) is 0 Å². The lowest BCUT2D eigenvalue weighted by atomic mass is 10.2. The van der Waals surface area contributed by atoms with Crippen LogP contribution in [0.1, 0.15) is 29.6 Å². The van der Waals surface area contributed by atoms with Crippen LogP contribution in [-0.2, 0) is 0 Å². The van der Waals surface area contributed by atoms with E-state index in [2.05, 4.69) is 22.9 Å². The van der Waals surface area contributed by atoms with Crippen LogP contribution in [0.5, 0.6) is 5.75 Å². The largest absolute Gasteiger partial charge is 0.494 e. The van der Waals surface area contributed by atoms with Crippen molar-refractivity contribution in [2.45, 2.75) is 24.1 Å². The minimum atomic E-state index is -0.118. The Hall–Kier alpha value is -0.210. The molecular formula is C11H14BrClO. The van der Waals surface area contributed by atoms with Gasteiger partial charge in [0.2, 0.25) is 0 Å². The van der Waals surface area contributed by atoms with E-state index in [9.17, 15) is 0 Å². The van der Waals surface area contributed by atoms with Crippen molar-refractivity contribution in [1.82, 2.24) is 0 Å². The van der Waals surface area contributed by atoms with E-state index in [1.165, 1.54) is 0 Å². The van der Waals surface area contributed by atoms with Crippen molar-refractivity contribution in [3.63, 3.8) is 0 Å². The summed E-state index contributed by atoms with van der Waals surface area (Å²) in [6, 6.07) is 7.82. The molecule has 1 nitrogen and oxygen atoms in total. The average Bonchev–Trinajstić information content (AvgIpc) is 2.19. The van der Waals surface area contributed by atoms with Gasteiger partial charge in [-0.15, -0.1) is 11.6 Å². The maximum atomic E-state index is 5.86. The Balaban J connectivity index is 2.47. The van der Waals surface area contributed by atoms with Crippen LogP contribution in [0.25, 0.3) is 0 Å². The normalized spacial score (nSPS) is 12.5. The smallest absolute Gasteiger partial charge is 0.119 e. The van der Waals surface area contributed by atoms with Crippen LogP contribution in [-0.4, -0.2) is 6.61 Å². The molecular weight excluding hydrogens is 263 g/mol. The number of rotatable bonds is 5. The van der Waals surface area contributed by atoms with Crippen LogP contribution in [0.15, 0.2) is 24.3 Å². The van der Waals surface area contributed by atoms with Gasteiger partial charge in [-0.3, -0.25) is 0 Å². The zero-order valence-electron chi connectivity index (χ0n) is 8.17. The first-order chi connectivity index (χ1) is 6.74. The summed E-state index contributed by atoms with van der Waals surface area (Å²) < 4.78 is 5.40. The van der Waals surface area contributed by atoms with E-state index in [0.29, 0.717) is 0 Å². The molecule has 0 N–H and O–H groups in total. The first kappa shape index (κ1) is 11.9. The molecule has 0 aromatic heterocycles. The van der Waals surface area contributed by atoms with E-state index >= 15 is 0 Å². The number of hydrogen-bond donors (Lipinski definition) is 0. The highest BCUT2D eigenvalue weighted by Crippen LogP contribution is 2.28. The summed E-state index contributed by atoms with van der Waals surface area (Å²) in [5, 5.41) is 0. The Bertz CT molecular complexity index is 258. The average molecular weight is 278 g/mol. The number of ether oxygens (including phenoxy) is 1.